The van der Waals surface area contributed by atoms with Crippen LogP contribution in [0.2, 0.25) is 0 Å². The van der Waals surface area contributed by atoms with E-state index >= 15 is 0 Å². The second-order valence-corrected chi connectivity index (χ2v) is 6.12. The molecule has 1 aliphatic carbocycles. The molecule has 1 saturated heterocycles. The average Bonchev–Trinajstić information content (AvgIpc) is 3.27. The lowest BCUT2D eigenvalue weighted by molar-refractivity contribution is 0.122. The molecule has 2 fully saturated rings. The van der Waals surface area contributed by atoms with Crippen LogP contribution in [0.4, 0.5) is 10.6 Å². The van der Waals surface area contributed by atoms with E-state index < -0.39 is 0 Å². The highest BCUT2D eigenvalue weighted by molar-refractivity contribution is 5.74. The van der Waals surface area contributed by atoms with Gasteiger partial charge in [0.2, 0.25) is 0 Å². The first-order chi connectivity index (χ1) is 10.7. The standard InChI is InChI=1S/C16H24N4O2/c1-12-9-14(12)11-19-16(21)18-10-13-3-2-4-17-15(13)20-5-7-22-8-6-20/h2-4,12,14H,5-11H2,1H3,(H2,18,19,21)/t12-,14+/m1/s1. The number of carbonyl (C=O) groups excluding carboxylic acids is 1. The summed E-state index contributed by atoms with van der Waals surface area (Å²) in [4.78, 5) is 18.6. The molecule has 2 heterocycles. The van der Waals surface area contributed by atoms with E-state index in [1.54, 1.807) is 6.20 Å². The maximum Gasteiger partial charge on any atom is 0.315 e. The summed E-state index contributed by atoms with van der Waals surface area (Å²) >= 11 is 0. The molecule has 2 amide bonds. The highest BCUT2D eigenvalue weighted by atomic mass is 16.5. The van der Waals surface area contributed by atoms with Gasteiger partial charge in [0.25, 0.3) is 0 Å². The molecule has 0 unspecified atom stereocenters. The fourth-order valence-corrected chi connectivity index (χ4v) is 2.77. The van der Waals surface area contributed by atoms with Gasteiger partial charge in [0.15, 0.2) is 0 Å². The highest BCUT2D eigenvalue weighted by Gasteiger charge is 2.32. The first-order valence-corrected chi connectivity index (χ1v) is 8.02. The summed E-state index contributed by atoms with van der Waals surface area (Å²) in [6.45, 7) is 6.62. The van der Waals surface area contributed by atoms with Crippen LogP contribution in [0.1, 0.15) is 18.9 Å². The van der Waals surface area contributed by atoms with Crippen molar-refractivity contribution in [2.45, 2.75) is 19.9 Å². The Bertz CT molecular complexity index is 517. The quantitative estimate of drug-likeness (QED) is 0.862. The van der Waals surface area contributed by atoms with Gasteiger partial charge in [0, 0.05) is 37.9 Å². The van der Waals surface area contributed by atoms with Crippen LogP contribution in [0, 0.1) is 11.8 Å². The minimum absolute atomic E-state index is 0.101. The maximum absolute atomic E-state index is 11.9. The Labute approximate surface area is 131 Å². The van der Waals surface area contributed by atoms with Gasteiger partial charge in [-0.25, -0.2) is 9.78 Å². The number of hydrogen-bond donors (Lipinski definition) is 2. The smallest absolute Gasteiger partial charge is 0.315 e. The molecule has 6 heteroatoms. The summed E-state index contributed by atoms with van der Waals surface area (Å²) in [5.74, 6) is 2.36. The topological polar surface area (TPSA) is 66.5 Å². The first-order valence-electron chi connectivity index (χ1n) is 8.02. The van der Waals surface area contributed by atoms with E-state index in [2.05, 4.69) is 27.4 Å². The summed E-state index contributed by atoms with van der Waals surface area (Å²) in [5, 5.41) is 5.87. The van der Waals surface area contributed by atoms with Gasteiger partial charge in [-0.15, -0.1) is 0 Å². The van der Waals surface area contributed by atoms with E-state index in [-0.39, 0.29) is 6.03 Å². The van der Waals surface area contributed by atoms with Crippen LogP contribution in [0.3, 0.4) is 0 Å². The Balaban J connectivity index is 1.52. The maximum atomic E-state index is 11.9. The summed E-state index contributed by atoms with van der Waals surface area (Å²) in [7, 11) is 0. The fraction of sp³-hybridized carbons (Fsp3) is 0.625. The number of aromatic nitrogens is 1. The number of anilines is 1. The first kappa shape index (κ1) is 15.1. The number of hydrogen-bond acceptors (Lipinski definition) is 4. The summed E-state index contributed by atoms with van der Waals surface area (Å²) in [6, 6.07) is 3.82. The van der Waals surface area contributed by atoms with Crippen molar-refractivity contribution in [3.05, 3.63) is 23.9 Å². The fourth-order valence-electron chi connectivity index (χ4n) is 2.77. The van der Waals surface area contributed by atoms with Crippen LogP contribution in [-0.4, -0.2) is 43.9 Å². The Hall–Kier alpha value is -1.82. The zero-order chi connectivity index (χ0) is 15.4. The molecule has 1 aliphatic heterocycles. The molecule has 120 valence electrons. The normalized spacial score (nSPS) is 24.0. The van der Waals surface area contributed by atoms with Crippen LogP contribution in [-0.2, 0) is 11.3 Å². The molecule has 22 heavy (non-hydrogen) atoms. The number of nitrogens with one attached hydrogen (secondary N) is 2. The number of ether oxygens (including phenoxy) is 1. The number of pyridine rings is 1. The third-order valence-corrected chi connectivity index (χ3v) is 4.42. The number of morpholine rings is 1. The zero-order valence-electron chi connectivity index (χ0n) is 13.0. The number of amides is 2. The van der Waals surface area contributed by atoms with Gasteiger partial charge >= 0.3 is 6.03 Å². The summed E-state index contributed by atoms with van der Waals surface area (Å²) in [6.07, 6.45) is 3.02. The van der Waals surface area contributed by atoms with Gasteiger partial charge in [-0.2, -0.15) is 0 Å². The van der Waals surface area contributed by atoms with Crippen molar-refractivity contribution in [2.75, 3.05) is 37.7 Å². The third kappa shape index (κ3) is 3.88. The Morgan fingerprint density at radius 1 is 1.41 bits per heavy atom. The largest absolute Gasteiger partial charge is 0.378 e. The molecule has 1 aromatic heterocycles. The van der Waals surface area contributed by atoms with Crippen LogP contribution in [0.25, 0.3) is 0 Å². The molecule has 2 aliphatic rings. The Kier molecular flexibility index (Phi) is 4.77. The molecule has 0 radical (unpaired) electrons. The second kappa shape index (κ2) is 6.96. The molecule has 3 rings (SSSR count). The number of carbonyl (C=O) groups is 1. The summed E-state index contributed by atoms with van der Waals surface area (Å²) < 4.78 is 5.38. The van der Waals surface area contributed by atoms with Crippen molar-refractivity contribution in [2.24, 2.45) is 11.8 Å². The highest BCUT2D eigenvalue weighted by Crippen LogP contribution is 2.36. The van der Waals surface area contributed by atoms with Crippen LogP contribution in [0.15, 0.2) is 18.3 Å². The van der Waals surface area contributed by atoms with E-state index in [4.69, 9.17) is 4.74 Å². The van der Waals surface area contributed by atoms with Crippen molar-refractivity contribution in [1.29, 1.82) is 0 Å². The Morgan fingerprint density at radius 3 is 2.91 bits per heavy atom. The number of nitrogens with zero attached hydrogens (tertiary/aromatic N) is 2. The molecule has 0 aromatic carbocycles. The van der Waals surface area contributed by atoms with Crippen LogP contribution in [0.5, 0.6) is 0 Å². The van der Waals surface area contributed by atoms with Gasteiger partial charge in [-0.3, -0.25) is 0 Å². The van der Waals surface area contributed by atoms with Crippen molar-refractivity contribution in [3.63, 3.8) is 0 Å². The van der Waals surface area contributed by atoms with Crippen molar-refractivity contribution in [1.82, 2.24) is 15.6 Å². The lowest BCUT2D eigenvalue weighted by atomic mass is 10.2. The molecule has 1 saturated carbocycles. The van der Waals surface area contributed by atoms with Gasteiger partial charge in [-0.05, 0) is 24.3 Å². The van der Waals surface area contributed by atoms with Crippen LogP contribution >= 0.6 is 0 Å². The van der Waals surface area contributed by atoms with E-state index in [9.17, 15) is 4.79 Å². The molecule has 6 nitrogen and oxygen atoms in total. The van der Waals surface area contributed by atoms with Gasteiger partial charge in [0.1, 0.15) is 5.82 Å². The molecule has 0 bridgehead atoms. The van der Waals surface area contributed by atoms with Gasteiger partial charge < -0.3 is 20.3 Å². The molecule has 0 spiro atoms. The van der Waals surface area contributed by atoms with Gasteiger partial charge in [0.05, 0.1) is 13.2 Å². The Morgan fingerprint density at radius 2 is 2.18 bits per heavy atom. The van der Waals surface area contributed by atoms with E-state index in [0.717, 1.165) is 50.1 Å². The SMILES string of the molecule is C[C@@H]1C[C@H]1CNC(=O)NCc1cccnc1N1CCOCC1. The minimum Gasteiger partial charge on any atom is -0.378 e. The molecule has 2 N–H and O–H groups in total. The average molecular weight is 304 g/mol. The number of rotatable bonds is 5. The van der Waals surface area contributed by atoms with Crippen molar-refractivity contribution in [3.8, 4) is 0 Å². The predicted octanol–water partition coefficient (Wildman–Crippen LogP) is 1.37. The van der Waals surface area contributed by atoms with E-state index in [1.165, 1.54) is 6.42 Å². The van der Waals surface area contributed by atoms with Crippen molar-refractivity contribution >= 4 is 11.8 Å². The van der Waals surface area contributed by atoms with Crippen LogP contribution < -0.4 is 15.5 Å². The zero-order valence-corrected chi connectivity index (χ0v) is 13.0. The minimum atomic E-state index is -0.101. The molecule has 2 atom stereocenters. The monoisotopic (exact) mass is 304 g/mol. The van der Waals surface area contributed by atoms with Gasteiger partial charge in [-0.1, -0.05) is 13.0 Å². The molecule has 1 aromatic rings. The molecular formula is C16H24N4O2. The van der Waals surface area contributed by atoms with Crippen molar-refractivity contribution < 1.29 is 9.53 Å². The lowest BCUT2D eigenvalue weighted by Crippen LogP contribution is -2.39. The predicted molar refractivity (Wildman–Crippen MR) is 84.8 cm³/mol. The second-order valence-electron chi connectivity index (χ2n) is 6.12. The molecular weight excluding hydrogens is 280 g/mol. The lowest BCUT2D eigenvalue weighted by Gasteiger charge is -2.29. The van der Waals surface area contributed by atoms with E-state index in [1.807, 2.05) is 12.1 Å². The number of urea groups is 1. The summed E-state index contributed by atoms with van der Waals surface area (Å²) in [5.41, 5.74) is 1.04. The third-order valence-electron chi connectivity index (χ3n) is 4.42. The van der Waals surface area contributed by atoms with E-state index in [0.29, 0.717) is 12.5 Å².